The number of aliphatic imine (C=N–C) groups is 1. The van der Waals surface area contributed by atoms with Crippen LogP contribution in [0, 0.1) is 18.7 Å². The van der Waals surface area contributed by atoms with Gasteiger partial charge in [0.1, 0.15) is 5.82 Å². The number of hydrogen-bond donors (Lipinski definition) is 1. The number of hydrogen-bond acceptors (Lipinski definition) is 2. The summed E-state index contributed by atoms with van der Waals surface area (Å²) in [6.07, 6.45) is 3.24. The molecule has 1 fully saturated rings. The van der Waals surface area contributed by atoms with Crippen molar-refractivity contribution in [1.82, 2.24) is 5.32 Å². The molecule has 0 aromatic heterocycles. The molecule has 2 aliphatic rings. The molecule has 1 saturated carbocycles. The molecule has 1 N–H and O–H groups in total. The van der Waals surface area contributed by atoms with Gasteiger partial charge in [0.05, 0.1) is 11.6 Å². The number of benzene rings is 2. The molecule has 6 heteroatoms. The summed E-state index contributed by atoms with van der Waals surface area (Å²) < 4.78 is 54.8. The van der Waals surface area contributed by atoms with E-state index < -0.39 is 17.6 Å². The molecule has 0 spiro atoms. The Balaban J connectivity index is 1.65. The van der Waals surface area contributed by atoms with Gasteiger partial charge in [0.15, 0.2) is 0 Å². The summed E-state index contributed by atoms with van der Waals surface area (Å²) in [6, 6.07) is 8.20. The number of nitrogens with zero attached hydrogens (tertiary/aromatic N) is 1. The predicted octanol–water partition coefficient (Wildman–Crippen LogP) is 6.48. The molecular formula is C25H26F4N2. The molecule has 164 valence electrons. The van der Waals surface area contributed by atoms with Crippen molar-refractivity contribution in [3.63, 3.8) is 0 Å². The normalized spacial score (nSPS) is 19.8. The number of rotatable bonds is 6. The minimum absolute atomic E-state index is 0.185. The fourth-order valence-electron chi connectivity index (χ4n) is 4.28. The summed E-state index contributed by atoms with van der Waals surface area (Å²) in [6.45, 7) is 3.95. The van der Waals surface area contributed by atoms with E-state index in [1.54, 1.807) is 25.3 Å². The first-order valence-electron chi connectivity index (χ1n) is 10.7. The van der Waals surface area contributed by atoms with Crippen LogP contribution in [0.15, 0.2) is 53.2 Å². The lowest BCUT2D eigenvalue weighted by molar-refractivity contribution is -0.137. The molecular weight excluding hydrogens is 404 g/mol. The molecule has 2 aromatic carbocycles. The molecule has 1 heterocycles. The molecule has 4 rings (SSSR count). The fourth-order valence-corrected chi connectivity index (χ4v) is 4.28. The van der Waals surface area contributed by atoms with Gasteiger partial charge in [0.25, 0.3) is 0 Å². The minimum Gasteiger partial charge on any atom is -0.384 e. The van der Waals surface area contributed by atoms with Gasteiger partial charge in [-0.05, 0) is 74.1 Å². The lowest BCUT2D eigenvalue weighted by atomic mass is 9.80. The zero-order chi connectivity index (χ0) is 22.2. The third-order valence-corrected chi connectivity index (χ3v) is 6.39. The van der Waals surface area contributed by atoms with Crippen molar-refractivity contribution in [3.8, 4) is 11.1 Å². The van der Waals surface area contributed by atoms with Crippen LogP contribution < -0.4 is 5.32 Å². The first-order chi connectivity index (χ1) is 14.7. The molecule has 2 nitrogen and oxygen atoms in total. The first-order valence-corrected chi connectivity index (χ1v) is 10.7. The van der Waals surface area contributed by atoms with E-state index in [-0.39, 0.29) is 17.2 Å². The lowest BCUT2D eigenvalue weighted by Crippen LogP contribution is -2.38. The third kappa shape index (κ3) is 4.68. The Morgan fingerprint density at radius 2 is 1.87 bits per heavy atom. The summed E-state index contributed by atoms with van der Waals surface area (Å²) in [7, 11) is 0. The predicted molar refractivity (Wildman–Crippen MR) is 116 cm³/mol. The van der Waals surface area contributed by atoms with Gasteiger partial charge in [0, 0.05) is 29.9 Å². The lowest BCUT2D eigenvalue weighted by Gasteiger charge is -2.33. The van der Waals surface area contributed by atoms with Gasteiger partial charge in [-0.25, -0.2) is 4.39 Å². The van der Waals surface area contributed by atoms with Crippen molar-refractivity contribution in [1.29, 1.82) is 0 Å². The Labute approximate surface area is 180 Å². The highest BCUT2D eigenvalue weighted by Gasteiger charge is 2.32. The summed E-state index contributed by atoms with van der Waals surface area (Å²) in [4.78, 5) is 4.52. The smallest absolute Gasteiger partial charge is 0.384 e. The van der Waals surface area contributed by atoms with E-state index in [2.05, 4.69) is 17.2 Å². The molecule has 1 aliphatic heterocycles. The van der Waals surface area contributed by atoms with Crippen molar-refractivity contribution in [2.24, 2.45) is 10.9 Å². The van der Waals surface area contributed by atoms with Gasteiger partial charge in [-0.1, -0.05) is 24.1 Å². The van der Waals surface area contributed by atoms with Crippen LogP contribution in [0.4, 0.5) is 17.6 Å². The largest absolute Gasteiger partial charge is 0.416 e. The monoisotopic (exact) mass is 430 g/mol. The van der Waals surface area contributed by atoms with E-state index in [4.69, 9.17) is 0 Å². The third-order valence-electron chi connectivity index (χ3n) is 6.39. The van der Waals surface area contributed by atoms with Crippen molar-refractivity contribution in [3.05, 3.63) is 70.7 Å². The minimum atomic E-state index is -4.50. The second kappa shape index (κ2) is 8.48. The highest BCUT2D eigenvalue weighted by Crippen LogP contribution is 2.37. The summed E-state index contributed by atoms with van der Waals surface area (Å²) >= 11 is 0. The standard InChI is InChI=1S/C25H26F4N2/c1-15-6-9-22(26)21(12-15)20-14-19(25(27,28)29)8-7-18(20)13-24-23(10-11-30-24)31-16(2)17-4-3-5-17/h6-12,14,16-17,24,31H,3-5,13H2,1-2H3/t16?,24-/m1/s1. The number of alkyl halides is 3. The quantitative estimate of drug-likeness (QED) is 0.522. The van der Waals surface area contributed by atoms with Gasteiger partial charge in [-0.2, -0.15) is 13.2 Å². The Kier molecular flexibility index (Phi) is 5.91. The van der Waals surface area contributed by atoms with Crippen LogP contribution in [0.25, 0.3) is 11.1 Å². The van der Waals surface area contributed by atoms with Crippen LogP contribution in [0.5, 0.6) is 0 Å². The Bertz CT molecular complexity index is 1020. The zero-order valence-corrected chi connectivity index (χ0v) is 17.6. The van der Waals surface area contributed by atoms with Gasteiger partial charge in [-0.15, -0.1) is 0 Å². The maximum absolute atomic E-state index is 14.6. The molecule has 2 aromatic rings. The molecule has 2 atom stereocenters. The van der Waals surface area contributed by atoms with Crippen LogP contribution in [0.2, 0.25) is 0 Å². The molecule has 0 radical (unpaired) electrons. The molecule has 31 heavy (non-hydrogen) atoms. The van der Waals surface area contributed by atoms with Crippen LogP contribution in [0.1, 0.15) is 42.9 Å². The molecule has 1 unspecified atom stereocenters. The van der Waals surface area contributed by atoms with Gasteiger partial charge in [-0.3, -0.25) is 4.99 Å². The first kappa shape index (κ1) is 21.6. The van der Waals surface area contributed by atoms with E-state index in [0.29, 0.717) is 23.9 Å². The molecule has 0 saturated heterocycles. The van der Waals surface area contributed by atoms with Gasteiger partial charge < -0.3 is 5.32 Å². The average Bonchev–Trinajstić information content (AvgIpc) is 3.08. The van der Waals surface area contributed by atoms with E-state index in [1.807, 2.05) is 6.08 Å². The number of allylic oxidation sites excluding steroid dienone is 1. The van der Waals surface area contributed by atoms with Crippen LogP contribution >= 0.6 is 0 Å². The average molecular weight is 430 g/mol. The Morgan fingerprint density at radius 3 is 2.55 bits per heavy atom. The Morgan fingerprint density at radius 1 is 1.10 bits per heavy atom. The summed E-state index contributed by atoms with van der Waals surface area (Å²) in [5.41, 5.74) is 2.07. The van der Waals surface area contributed by atoms with Crippen molar-refractivity contribution < 1.29 is 17.6 Å². The fraction of sp³-hybridized carbons (Fsp3) is 0.400. The number of halogens is 4. The summed E-state index contributed by atoms with van der Waals surface area (Å²) in [5.74, 6) is 0.110. The number of aryl methyl sites for hydroxylation is 1. The van der Waals surface area contributed by atoms with E-state index in [0.717, 1.165) is 23.4 Å². The van der Waals surface area contributed by atoms with Crippen molar-refractivity contribution in [2.75, 3.05) is 0 Å². The molecule has 0 bridgehead atoms. The van der Waals surface area contributed by atoms with Crippen LogP contribution in [0.3, 0.4) is 0 Å². The highest BCUT2D eigenvalue weighted by molar-refractivity contribution is 5.76. The number of nitrogens with one attached hydrogen (secondary N) is 1. The van der Waals surface area contributed by atoms with E-state index in [1.165, 1.54) is 31.4 Å². The maximum atomic E-state index is 14.6. The Hall–Kier alpha value is -2.63. The van der Waals surface area contributed by atoms with Gasteiger partial charge in [0.2, 0.25) is 0 Å². The second-order valence-electron chi connectivity index (χ2n) is 8.62. The van der Waals surface area contributed by atoms with Crippen molar-refractivity contribution >= 4 is 6.21 Å². The van der Waals surface area contributed by atoms with E-state index in [9.17, 15) is 17.6 Å². The topological polar surface area (TPSA) is 24.4 Å². The second-order valence-corrected chi connectivity index (χ2v) is 8.62. The SMILES string of the molecule is Cc1ccc(F)c(-c2cc(C(F)(F)F)ccc2C[C@H]2N=CC=C2NC(C)C2CCC2)c1. The molecule has 0 amide bonds. The van der Waals surface area contributed by atoms with E-state index >= 15 is 0 Å². The van der Waals surface area contributed by atoms with Gasteiger partial charge >= 0.3 is 6.18 Å². The summed E-state index contributed by atoms with van der Waals surface area (Å²) in [5, 5.41) is 3.55. The maximum Gasteiger partial charge on any atom is 0.416 e. The highest BCUT2D eigenvalue weighted by atomic mass is 19.4. The van der Waals surface area contributed by atoms with Crippen molar-refractivity contribution in [2.45, 2.75) is 57.8 Å². The molecule has 1 aliphatic carbocycles. The van der Waals surface area contributed by atoms with Crippen LogP contribution in [-0.2, 0) is 12.6 Å². The zero-order valence-electron chi connectivity index (χ0n) is 17.6. The van der Waals surface area contributed by atoms with Crippen LogP contribution in [-0.4, -0.2) is 18.3 Å².